The molecule has 0 saturated heterocycles. The third-order valence-electron chi connectivity index (χ3n) is 2.90. The van der Waals surface area contributed by atoms with Crippen LogP contribution in [0.3, 0.4) is 0 Å². The molecule has 1 aromatic rings. The maximum atomic E-state index is 9.80. The monoisotopic (exact) mass is 255 g/mol. The van der Waals surface area contributed by atoms with Gasteiger partial charge in [-0.3, -0.25) is 0 Å². The first-order valence-corrected chi connectivity index (χ1v) is 5.82. The summed E-state index contributed by atoms with van der Waals surface area (Å²) < 4.78 is 15.7. The van der Waals surface area contributed by atoms with E-state index in [1.807, 2.05) is 6.92 Å². The Kier molecular flexibility index (Phi) is 5.25. The zero-order valence-corrected chi connectivity index (χ0v) is 11.3. The lowest BCUT2D eigenvalue weighted by Gasteiger charge is -2.20. The molecule has 3 N–H and O–H groups in total. The molecule has 0 aromatic heterocycles. The summed E-state index contributed by atoms with van der Waals surface area (Å²) in [5.41, 5.74) is 6.73. The van der Waals surface area contributed by atoms with Crippen LogP contribution in [-0.2, 0) is 0 Å². The zero-order chi connectivity index (χ0) is 13.7. The number of hydrogen-bond donors (Lipinski definition) is 2. The first-order valence-electron chi connectivity index (χ1n) is 5.82. The normalized spacial score (nSPS) is 13.9. The maximum absolute atomic E-state index is 9.80. The Morgan fingerprint density at radius 1 is 1.11 bits per heavy atom. The second-order valence-electron chi connectivity index (χ2n) is 3.96. The van der Waals surface area contributed by atoms with E-state index in [1.54, 1.807) is 33.5 Å². The Labute approximate surface area is 107 Å². The summed E-state index contributed by atoms with van der Waals surface area (Å²) in [7, 11) is 4.63. The fraction of sp³-hybridized carbons (Fsp3) is 0.538. The van der Waals surface area contributed by atoms with Gasteiger partial charge < -0.3 is 25.1 Å². The van der Waals surface area contributed by atoms with Crippen LogP contribution < -0.4 is 19.9 Å². The van der Waals surface area contributed by atoms with Gasteiger partial charge in [0.15, 0.2) is 11.5 Å². The molecule has 2 atom stereocenters. The van der Waals surface area contributed by atoms with Gasteiger partial charge in [0.2, 0.25) is 5.75 Å². The highest BCUT2D eigenvalue weighted by molar-refractivity contribution is 5.54. The lowest BCUT2D eigenvalue weighted by molar-refractivity contribution is 0.140. The molecule has 0 aliphatic carbocycles. The Morgan fingerprint density at radius 2 is 1.61 bits per heavy atom. The number of methoxy groups -OCH3 is 3. The van der Waals surface area contributed by atoms with Crippen molar-refractivity contribution in [2.75, 3.05) is 21.3 Å². The second-order valence-corrected chi connectivity index (χ2v) is 3.96. The van der Waals surface area contributed by atoms with E-state index >= 15 is 0 Å². The first-order chi connectivity index (χ1) is 8.58. The van der Waals surface area contributed by atoms with Gasteiger partial charge in [0.25, 0.3) is 0 Å². The highest BCUT2D eigenvalue weighted by Crippen LogP contribution is 2.39. The minimum atomic E-state index is -0.604. The van der Waals surface area contributed by atoms with Gasteiger partial charge in [0.05, 0.1) is 33.5 Å². The molecule has 1 aromatic carbocycles. The number of rotatable bonds is 6. The van der Waals surface area contributed by atoms with Gasteiger partial charge in [-0.1, -0.05) is 6.92 Å². The third-order valence-corrected chi connectivity index (χ3v) is 2.90. The van der Waals surface area contributed by atoms with Crippen LogP contribution in [0.4, 0.5) is 0 Å². The molecule has 0 bridgehead atoms. The summed E-state index contributed by atoms with van der Waals surface area (Å²) >= 11 is 0. The van der Waals surface area contributed by atoms with E-state index in [1.165, 1.54) is 0 Å². The van der Waals surface area contributed by atoms with Gasteiger partial charge in [0.1, 0.15) is 0 Å². The predicted molar refractivity (Wildman–Crippen MR) is 69.3 cm³/mol. The number of benzene rings is 1. The molecule has 5 nitrogen and oxygen atoms in total. The number of hydrogen-bond acceptors (Lipinski definition) is 5. The van der Waals surface area contributed by atoms with Crippen LogP contribution in [0.25, 0.3) is 0 Å². The number of ether oxygens (including phenoxy) is 3. The van der Waals surface area contributed by atoms with Crippen molar-refractivity contribution >= 4 is 0 Å². The third kappa shape index (κ3) is 2.86. The quantitative estimate of drug-likeness (QED) is 0.805. The van der Waals surface area contributed by atoms with Crippen LogP contribution in [0, 0.1) is 0 Å². The van der Waals surface area contributed by atoms with Crippen molar-refractivity contribution in [3.05, 3.63) is 17.7 Å². The molecular formula is C13H21NO4. The Balaban J connectivity index is 3.22. The Hall–Kier alpha value is -1.46. The molecule has 0 amide bonds. The van der Waals surface area contributed by atoms with Crippen LogP contribution in [0.5, 0.6) is 17.2 Å². The predicted octanol–water partition coefficient (Wildman–Crippen LogP) is 1.48. The van der Waals surface area contributed by atoms with E-state index in [2.05, 4.69) is 0 Å². The summed E-state index contributed by atoms with van der Waals surface area (Å²) in [5, 5.41) is 9.80. The molecule has 5 heteroatoms. The number of aliphatic hydroxyl groups excluding tert-OH is 1. The van der Waals surface area contributed by atoms with Crippen molar-refractivity contribution in [3.63, 3.8) is 0 Å². The SMILES string of the molecule is CC[C@H](O)[C@H](N)c1cc(OC)c(OC)c(OC)c1. The molecule has 0 unspecified atom stereocenters. The highest BCUT2D eigenvalue weighted by atomic mass is 16.5. The van der Waals surface area contributed by atoms with Crippen molar-refractivity contribution in [2.24, 2.45) is 5.73 Å². The Bertz CT molecular complexity index is 370. The van der Waals surface area contributed by atoms with Crippen molar-refractivity contribution in [2.45, 2.75) is 25.5 Å². The minimum Gasteiger partial charge on any atom is -0.493 e. The second kappa shape index (κ2) is 6.47. The summed E-state index contributed by atoms with van der Waals surface area (Å²) in [6.45, 7) is 1.88. The topological polar surface area (TPSA) is 73.9 Å². The molecule has 0 aliphatic rings. The summed E-state index contributed by atoms with van der Waals surface area (Å²) in [6.07, 6.45) is -0.0227. The minimum absolute atomic E-state index is 0.483. The van der Waals surface area contributed by atoms with Crippen molar-refractivity contribution < 1.29 is 19.3 Å². The molecule has 0 saturated carbocycles. The van der Waals surface area contributed by atoms with E-state index in [-0.39, 0.29) is 0 Å². The lowest BCUT2D eigenvalue weighted by Crippen LogP contribution is -2.25. The zero-order valence-electron chi connectivity index (χ0n) is 11.3. The first kappa shape index (κ1) is 14.6. The van der Waals surface area contributed by atoms with E-state index in [9.17, 15) is 5.11 Å². The Morgan fingerprint density at radius 3 is 1.94 bits per heavy atom. The molecule has 0 spiro atoms. The van der Waals surface area contributed by atoms with Gasteiger partial charge in [-0.25, -0.2) is 0 Å². The van der Waals surface area contributed by atoms with E-state index in [0.717, 1.165) is 5.56 Å². The van der Waals surface area contributed by atoms with Gasteiger partial charge in [0, 0.05) is 0 Å². The standard InChI is InChI=1S/C13H21NO4/c1-5-9(15)12(14)8-6-10(16-2)13(18-4)11(7-8)17-3/h6-7,9,12,15H,5,14H2,1-4H3/t9-,12+/m0/s1. The molecule has 102 valence electrons. The average Bonchev–Trinajstić information content (AvgIpc) is 2.43. The smallest absolute Gasteiger partial charge is 0.203 e. The maximum Gasteiger partial charge on any atom is 0.203 e. The average molecular weight is 255 g/mol. The molecular weight excluding hydrogens is 234 g/mol. The van der Waals surface area contributed by atoms with Crippen LogP contribution in [0.2, 0.25) is 0 Å². The van der Waals surface area contributed by atoms with Gasteiger partial charge in [-0.2, -0.15) is 0 Å². The lowest BCUT2D eigenvalue weighted by atomic mass is 10.00. The highest BCUT2D eigenvalue weighted by Gasteiger charge is 2.20. The van der Waals surface area contributed by atoms with Crippen LogP contribution in [0.1, 0.15) is 24.9 Å². The van der Waals surface area contributed by atoms with E-state index in [0.29, 0.717) is 23.7 Å². The van der Waals surface area contributed by atoms with Crippen LogP contribution in [-0.4, -0.2) is 32.5 Å². The van der Waals surface area contributed by atoms with Gasteiger partial charge >= 0.3 is 0 Å². The fourth-order valence-electron chi connectivity index (χ4n) is 1.77. The molecule has 1 rings (SSSR count). The molecule has 18 heavy (non-hydrogen) atoms. The number of aliphatic hydroxyl groups is 1. The largest absolute Gasteiger partial charge is 0.493 e. The molecule has 0 radical (unpaired) electrons. The molecule has 0 fully saturated rings. The van der Waals surface area contributed by atoms with E-state index < -0.39 is 12.1 Å². The molecule has 0 aliphatic heterocycles. The fourth-order valence-corrected chi connectivity index (χ4v) is 1.77. The van der Waals surface area contributed by atoms with Gasteiger partial charge in [-0.05, 0) is 24.1 Å². The van der Waals surface area contributed by atoms with Crippen molar-refractivity contribution in [1.82, 2.24) is 0 Å². The summed E-state index contributed by atoms with van der Waals surface area (Å²) in [6, 6.07) is 3.03. The van der Waals surface area contributed by atoms with Crippen LogP contribution >= 0.6 is 0 Å². The van der Waals surface area contributed by atoms with Gasteiger partial charge in [-0.15, -0.1) is 0 Å². The molecule has 0 heterocycles. The van der Waals surface area contributed by atoms with E-state index in [4.69, 9.17) is 19.9 Å². The summed E-state index contributed by atoms with van der Waals surface area (Å²) in [5.74, 6) is 1.58. The van der Waals surface area contributed by atoms with Crippen molar-refractivity contribution in [3.8, 4) is 17.2 Å². The summed E-state index contributed by atoms with van der Waals surface area (Å²) in [4.78, 5) is 0. The van der Waals surface area contributed by atoms with Crippen LogP contribution in [0.15, 0.2) is 12.1 Å². The number of nitrogens with two attached hydrogens (primary N) is 1. The van der Waals surface area contributed by atoms with Crippen molar-refractivity contribution in [1.29, 1.82) is 0 Å².